The number of rotatable bonds is 7. The van der Waals surface area contributed by atoms with E-state index in [2.05, 4.69) is 12.2 Å². The van der Waals surface area contributed by atoms with Crippen LogP contribution in [0.15, 0.2) is 54.6 Å². The van der Waals surface area contributed by atoms with Crippen LogP contribution in [0.25, 0.3) is 0 Å². The van der Waals surface area contributed by atoms with Crippen molar-refractivity contribution in [3.8, 4) is 5.75 Å². The molecule has 3 heteroatoms. The van der Waals surface area contributed by atoms with Crippen molar-refractivity contribution in [1.82, 2.24) is 0 Å². The van der Waals surface area contributed by atoms with E-state index in [1.165, 1.54) is 0 Å². The molecule has 0 radical (unpaired) electrons. The largest absolute Gasteiger partial charge is 0.494 e. The lowest BCUT2D eigenvalue weighted by Crippen LogP contribution is -2.14. The van der Waals surface area contributed by atoms with Gasteiger partial charge in [-0.1, -0.05) is 43.3 Å². The molecule has 0 atom stereocenters. The molecule has 0 aliphatic heterocycles. The summed E-state index contributed by atoms with van der Waals surface area (Å²) in [5.41, 5.74) is 2.07. The van der Waals surface area contributed by atoms with Gasteiger partial charge in [-0.25, -0.2) is 0 Å². The maximum atomic E-state index is 11.9. The molecule has 1 amide bonds. The summed E-state index contributed by atoms with van der Waals surface area (Å²) in [6.45, 7) is 2.63. The quantitative estimate of drug-likeness (QED) is 0.779. The summed E-state index contributed by atoms with van der Waals surface area (Å²) in [6.07, 6.45) is 2.08. The molecule has 3 nitrogen and oxygen atoms in total. The highest BCUT2D eigenvalue weighted by atomic mass is 16.5. The van der Waals surface area contributed by atoms with Gasteiger partial charge in [0.05, 0.1) is 6.61 Å². The second-order valence-corrected chi connectivity index (χ2v) is 4.82. The number of hydrogen-bond acceptors (Lipinski definition) is 2. The zero-order chi connectivity index (χ0) is 14.9. The molecule has 2 aromatic carbocycles. The second kappa shape index (κ2) is 8.10. The van der Waals surface area contributed by atoms with Crippen LogP contribution in [0.4, 0.5) is 5.69 Å². The summed E-state index contributed by atoms with van der Waals surface area (Å²) in [7, 11) is 0. The van der Waals surface area contributed by atoms with Crippen LogP contribution in [0.3, 0.4) is 0 Å². The number of ether oxygens (including phenoxy) is 1. The fourth-order valence-corrected chi connectivity index (χ4v) is 2.10. The van der Waals surface area contributed by atoms with Crippen molar-refractivity contribution < 1.29 is 9.53 Å². The molecule has 2 rings (SSSR count). The molecule has 110 valence electrons. The Labute approximate surface area is 126 Å². The van der Waals surface area contributed by atoms with Crippen LogP contribution in [-0.2, 0) is 11.2 Å². The van der Waals surface area contributed by atoms with E-state index in [1.807, 2.05) is 54.6 Å². The zero-order valence-corrected chi connectivity index (χ0v) is 12.3. The summed E-state index contributed by atoms with van der Waals surface area (Å²) >= 11 is 0. The van der Waals surface area contributed by atoms with Crippen LogP contribution >= 0.6 is 0 Å². The number of hydrogen-bond donors (Lipinski definition) is 1. The minimum Gasteiger partial charge on any atom is -0.494 e. The van der Waals surface area contributed by atoms with Gasteiger partial charge in [0.15, 0.2) is 0 Å². The second-order valence-electron chi connectivity index (χ2n) is 4.82. The van der Waals surface area contributed by atoms with Crippen molar-refractivity contribution in [2.24, 2.45) is 0 Å². The molecular weight excluding hydrogens is 262 g/mol. The van der Waals surface area contributed by atoms with Crippen molar-refractivity contribution >= 4 is 11.6 Å². The smallest absolute Gasteiger partial charge is 0.224 e. The standard InChI is InChI=1S/C18H21NO2/c1-2-15-9-6-7-12-17(15)19-18(20)13-8-14-21-16-10-4-3-5-11-16/h3-7,9-12H,2,8,13-14H2,1H3,(H,19,20). The maximum absolute atomic E-state index is 11.9. The molecule has 0 bridgehead atoms. The van der Waals surface area contributed by atoms with Crippen molar-refractivity contribution in [2.45, 2.75) is 26.2 Å². The van der Waals surface area contributed by atoms with Crippen LogP contribution in [-0.4, -0.2) is 12.5 Å². The SMILES string of the molecule is CCc1ccccc1NC(=O)CCCOc1ccccc1. The number of benzene rings is 2. The Morgan fingerprint density at radius 3 is 2.52 bits per heavy atom. The Morgan fingerprint density at radius 2 is 1.76 bits per heavy atom. The normalized spacial score (nSPS) is 10.1. The molecule has 21 heavy (non-hydrogen) atoms. The molecular formula is C18H21NO2. The molecule has 0 aliphatic rings. The van der Waals surface area contributed by atoms with E-state index in [1.54, 1.807) is 0 Å². The molecule has 0 unspecified atom stereocenters. The molecule has 0 fully saturated rings. The van der Waals surface area contributed by atoms with Crippen LogP contribution in [0.1, 0.15) is 25.3 Å². The van der Waals surface area contributed by atoms with Gasteiger partial charge < -0.3 is 10.1 Å². The van der Waals surface area contributed by atoms with Gasteiger partial charge in [0.25, 0.3) is 0 Å². The Bertz CT molecular complexity index is 566. The fraction of sp³-hybridized carbons (Fsp3) is 0.278. The van der Waals surface area contributed by atoms with Gasteiger partial charge in [0, 0.05) is 12.1 Å². The topological polar surface area (TPSA) is 38.3 Å². The number of para-hydroxylation sites is 2. The van der Waals surface area contributed by atoms with Crippen LogP contribution in [0.2, 0.25) is 0 Å². The maximum Gasteiger partial charge on any atom is 0.224 e. The molecule has 0 heterocycles. The number of aryl methyl sites for hydroxylation is 1. The van der Waals surface area contributed by atoms with E-state index in [9.17, 15) is 4.79 Å². The van der Waals surface area contributed by atoms with Crippen molar-refractivity contribution in [2.75, 3.05) is 11.9 Å². The zero-order valence-electron chi connectivity index (χ0n) is 12.3. The van der Waals surface area contributed by atoms with Gasteiger partial charge in [0.1, 0.15) is 5.75 Å². The molecule has 0 aromatic heterocycles. The Kier molecular flexibility index (Phi) is 5.83. The monoisotopic (exact) mass is 283 g/mol. The average molecular weight is 283 g/mol. The summed E-state index contributed by atoms with van der Waals surface area (Å²) in [5, 5.41) is 2.97. The molecule has 0 spiro atoms. The van der Waals surface area contributed by atoms with Crippen molar-refractivity contribution in [3.05, 3.63) is 60.2 Å². The number of nitrogens with one attached hydrogen (secondary N) is 1. The highest BCUT2D eigenvalue weighted by Crippen LogP contribution is 2.16. The molecule has 0 aliphatic carbocycles. The molecule has 1 N–H and O–H groups in total. The number of carbonyl (C=O) groups excluding carboxylic acids is 1. The summed E-state index contributed by atoms with van der Waals surface area (Å²) < 4.78 is 5.57. The Balaban J connectivity index is 1.72. The lowest BCUT2D eigenvalue weighted by molar-refractivity contribution is -0.116. The summed E-state index contributed by atoms with van der Waals surface area (Å²) in [5.74, 6) is 0.877. The van der Waals surface area contributed by atoms with Crippen molar-refractivity contribution in [3.63, 3.8) is 0 Å². The fourth-order valence-electron chi connectivity index (χ4n) is 2.10. The molecule has 0 saturated carbocycles. The first kappa shape index (κ1) is 15.1. The van der Waals surface area contributed by atoms with E-state index in [0.29, 0.717) is 19.4 Å². The highest BCUT2D eigenvalue weighted by molar-refractivity contribution is 5.91. The minimum atomic E-state index is 0.0348. The van der Waals surface area contributed by atoms with Crippen LogP contribution in [0.5, 0.6) is 5.75 Å². The van der Waals surface area contributed by atoms with Gasteiger partial charge in [-0.15, -0.1) is 0 Å². The number of anilines is 1. The number of carbonyl (C=O) groups is 1. The van der Waals surface area contributed by atoms with E-state index < -0.39 is 0 Å². The lowest BCUT2D eigenvalue weighted by Gasteiger charge is -2.10. The lowest BCUT2D eigenvalue weighted by atomic mass is 10.1. The first-order valence-electron chi connectivity index (χ1n) is 7.35. The van der Waals surface area contributed by atoms with Gasteiger partial charge >= 0.3 is 0 Å². The van der Waals surface area contributed by atoms with Crippen LogP contribution < -0.4 is 10.1 Å². The minimum absolute atomic E-state index is 0.0348. The predicted molar refractivity (Wildman–Crippen MR) is 85.6 cm³/mol. The van der Waals surface area contributed by atoms with Gasteiger partial charge in [-0.05, 0) is 36.6 Å². The van der Waals surface area contributed by atoms with Gasteiger partial charge in [-0.2, -0.15) is 0 Å². The highest BCUT2D eigenvalue weighted by Gasteiger charge is 2.05. The summed E-state index contributed by atoms with van der Waals surface area (Å²) in [4.78, 5) is 11.9. The Morgan fingerprint density at radius 1 is 1.05 bits per heavy atom. The number of amides is 1. The third-order valence-electron chi connectivity index (χ3n) is 3.23. The van der Waals surface area contributed by atoms with Crippen molar-refractivity contribution in [1.29, 1.82) is 0 Å². The van der Waals surface area contributed by atoms with E-state index in [0.717, 1.165) is 23.4 Å². The van der Waals surface area contributed by atoms with Crippen LogP contribution in [0, 0.1) is 0 Å². The summed E-state index contributed by atoms with van der Waals surface area (Å²) in [6, 6.07) is 17.6. The molecule has 0 saturated heterocycles. The van der Waals surface area contributed by atoms with E-state index in [-0.39, 0.29) is 5.91 Å². The van der Waals surface area contributed by atoms with E-state index in [4.69, 9.17) is 4.74 Å². The van der Waals surface area contributed by atoms with Gasteiger partial charge in [0.2, 0.25) is 5.91 Å². The first-order chi connectivity index (χ1) is 10.3. The molecule has 2 aromatic rings. The Hall–Kier alpha value is -2.29. The average Bonchev–Trinajstić information content (AvgIpc) is 2.53. The predicted octanol–water partition coefficient (Wildman–Crippen LogP) is 4.05. The third kappa shape index (κ3) is 4.95. The van der Waals surface area contributed by atoms with E-state index >= 15 is 0 Å². The van der Waals surface area contributed by atoms with Gasteiger partial charge in [-0.3, -0.25) is 4.79 Å². The third-order valence-corrected chi connectivity index (χ3v) is 3.23. The first-order valence-corrected chi connectivity index (χ1v) is 7.35.